The second-order valence-electron chi connectivity index (χ2n) is 3.77. The molecule has 2 rings (SSSR count). The lowest BCUT2D eigenvalue weighted by Crippen LogP contribution is -2.29. The molecule has 0 radical (unpaired) electrons. The normalized spacial score (nSPS) is 23.8. The summed E-state index contributed by atoms with van der Waals surface area (Å²) in [6.45, 7) is 0.680. The van der Waals surface area contributed by atoms with E-state index in [2.05, 4.69) is 10.1 Å². The van der Waals surface area contributed by atoms with Crippen LogP contribution in [0.4, 0.5) is 0 Å². The van der Waals surface area contributed by atoms with E-state index in [9.17, 15) is 9.59 Å². The number of carboxylic acid groups (broad SMARTS) is 2. The van der Waals surface area contributed by atoms with Crippen LogP contribution in [-0.2, 0) is 16.1 Å². The molecule has 1 aromatic rings. The average molecular weight is 241 g/mol. The highest BCUT2D eigenvalue weighted by Crippen LogP contribution is 2.22. The van der Waals surface area contributed by atoms with Gasteiger partial charge >= 0.3 is 11.9 Å². The van der Waals surface area contributed by atoms with E-state index in [1.54, 1.807) is 0 Å². The van der Waals surface area contributed by atoms with Crippen LogP contribution in [0.15, 0.2) is 6.33 Å². The molecule has 1 fully saturated rings. The number of rotatable bonds is 4. The first kappa shape index (κ1) is 11.5. The van der Waals surface area contributed by atoms with Gasteiger partial charge in [-0.15, -0.1) is 5.10 Å². The Morgan fingerprint density at radius 3 is 2.88 bits per heavy atom. The molecule has 1 aromatic heterocycles. The van der Waals surface area contributed by atoms with Crippen LogP contribution in [0.2, 0.25) is 0 Å². The van der Waals surface area contributed by atoms with Gasteiger partial charge in [-0.1, -0.05) is 0 Å². The number of aromatic carboxylic acids is 1. The predicted octanol–water partition coefficient (Wildman–Crippen LogP) is -0.534. The van der Waals surface area contributed by atoms with Crippen molar-refractivity contribution in [2.45, 2.75) is 19.1 Å². The summed E-state index contributed by atoms with van der Waals surface area (Å²) in [6.07, 6.45) is 1.03. The molecule has 0 spiro atoms. The molecule has 0 unspecified atom stereocenters. The van der Waals surface area contributed by atoms with Gasteiger partial charge in [-0.25, -0.2) is 14.6 Å². The zero-order valence-corrected chi connectivity index (χ0v) is 8.81. The number of hydrogen-bond acceptors (Lipinski definition) is 5. The smallest absolute Gasteiger partial charge is 0.375 e. The number of carbonyl (C=O) groups is 2. The Bertz CT molecular complexity index is 444. The highest BCUT2D eigenvalue weighted by atomic mass is 16.5. The van der Waals surface area contributed by atoms with Gasteiger partial charge in [0.15, 0.2) is 6.10 Å². The SMILES string of the molecule is O=C(O)c1ncn(C[C@H]2CCO[C@H]2C(=O)O)n1. The maximum Gasteiger partial charge on any atom is 0.375 e. The van der Waals surface area contributed by atoms with Crippen LogP contribution >= 0.6 is 0 Å². The molecule has 17 heavy (non-hydrogen) atoms. The molecular formula is C9H11N3O5. The summed E-state index contributed by atoms with van der Waals surface area (Å²) in [6, 6.07) is 0. The van der Waals surface area contributed by atoms with Gasteiger partial charge in [0.25, 0.3) is 5.82 Å². The van der Waals surface area contributed by atoms with Gasteiger partial charge in [-0.05, 0) is 6.42 Å². The highest BCUT2D eigenvalue weighted by Gasteiger charge is 2.34. The van der Waals surface area contributed by atoms with Crippen LogP contribution in [0, 0.1) is 5.92 Å². The number of aliphatic carboxylic acids is 1. The number of nitrogens with zero attached hydrogens (tertiary/aromatic N) is 3. The minimum absolute atomic E-state index is 0.212. The maximum absolute atomic E-state index is 10.9. The topological polar surface area (TPSA) is 115 Å². The molecule has 2 N–H and O–H groups in total. The Morgan fingerprint density at radius 1 is 1.53 bits per heavy atom. The molecule has 0 bridgehead atoms. The van der Waals surface area contributed by atoms with Crippen LogP contribution in [0.3, 0.4) is 0 Å². The van der Waals surface area contributed by atoms with Crippen molar-refractivity contribution in [1.82, 2.24) is 14.8 Å². The molecule has 1 saturated heterocycles. The molecule has 0 aromatic carbocycles. The fourth-order valence-corrected chi connectivity index (χ4v) is 1.81. The van der Waals surface area contributed by atoms with E-state index in [0.717, 1.165) is 0 Å². The van der Waals surface area contributed by atoms with E-state index in [1.807, 2.05) is 0 Å². The first-order chi connectivity index (χ1) is 8.08. The molecule has 8 heteroatoms. The summed E-state index contributed by atoms with van der Waals surface area (Å²) < 4.78 is 6.41. The van der Waals surface area contributed by atoms with Gasteiger partial charge < -0.3 is 14.9 Å². The van der Waals surface area contributed by atoms with Crippen LogP contribution in [0.25, 0.3) is 0 Å². The molecule has 1 aliphatic rings. The molecule has 2 atom stereocenters. The predicted molar refractivity (Wildman–Crippen MR) is 52.5 cm³/mol. The number of hydrogen-bond donors (Lipinski definition) is 2. The van der Waals surface area contributed by atoms with Crippen molar-refractivity contribution in [2.24, 2.45) is 5.92 Å². The van der Waals surface area contributed by atoms with Crippen molar-refractivity contribution in [1.29, 1.82) is 0 Å². The van der Waals surface area contributed by atoms with Crippen molar-refractivity contribution in [3.63, 3.8) is 0 Å². The van der Waals surface area contributed by atoms with Gasteiger partial charge in [0.1, 0.15) is 6.33 Å². The second kappa shape index (κ2) is 4.50. The van der Waals surface area contributed by atoms with Gasteiger partial charge in [-0.2, -0.15) is 0 Å². The fraction of sp³-hybridized carbons (Fsp3) is 0.556. The maximum atomic E-state index is 10.9. The van der Waals surface area contributed by atoms with E-state index in [1.165, 1.54) is 11.0 Å². The third kappa shape index (κ3) is 2.41. The molecular weight excluding hydrogens is 230 g/mol. The van der Waals surface area contributed by atoms with Crippen molar-refractivity contribution in [3.05, 3.63) is 12.2 Å². The van der Waals surface area contributed by atoms with E-state index in [0.29, 0.717) is 13.0 Å². The molecule has 1 aliphatic heterocycles. The van der Waals surface area contributed by atoms with Crippen LogP contribution in [-0.4, -0.2) is 49.6 Å². The molecule has 2 heterocycles. The first-order valence-corrected chi connectivity index (χ1v) is 5.05. The number of ether oxygens (including phenoxy) is 1. The summed E-state index contributed by atoms with van der Waals surface area (Å²) >= 11 is 0. The third-order valence-corrected chi connectivity index (χ3v) is 2.61. The number of carboxylic acids is 2. The molecule has 92 valence electrons. The zero-order valence-electron chi connectivity index (χ0n) is 8.81. The summed E-state index contributed by atoms with van der Waals surface area (Å²) in [7, 11) is 0. The Balaban J connectivity index is 2.04. The van der Waals surface area contributed by atoms with Gasteiger partial charge in [0, 0.05) is 19.1 Å². The summed E-state index contributed by atoms with van der Waals surface area (Å²) in [5.41, 5.74) is 0. The van der Waals surface area contributed by atoms with E-state index in [-0.39, 0.29) is 18.3 Å². The van der Waals surface area contributed by atoms with Crippen LogP contribution < -0.4 is 0 Å². The number of aromatic nitrogens is 3. The Morgan fingerprint density at radius 2 is 2.29 bits per heavy atom. The van der Waals surface area contributed by atoms with Gasteiger partial charge in [0.05, 0.1) is 0 Å². The van der Waals surface area contributed by atoms with Crippen molar-refractivity contribution in [3.8, 4) is 0 Å². The monoisotopic (exact) mass is 241 g/mol. The first-order valence-electron chi connectivity index (χ1n) is 5.05. The van der Waals surface area contributed by atoms with E-state index < -0.39 is 18.0 Å². The second-order valence-corrected chi connectivity index (χ2v) is 3.77. The summed E-state index contributed by atoms with van der Waals surface area (Å²) in [5.74, 6) is -2.72. The lowest BCUT2D eigenvalue weighted by atomic mass is 10.0. The van der Waals surface area contributed by atoms with Gasteiger partial charge in [0.2, 0.25) is 0 Å². The summed E-state index contributed by atoms with van der Waals surface area (Å²) in [5, 5.41) is 21.3. The Hall–Kier alpha value is -1.96. The zero-order chi connectivity index (χ0) is 12.4. The molecule has 0 saturated carbocycles. The van der Waals surface area contributed by atoms with E-state index >= 15 is 0 Å². The highest BCUT2D eigenvalue weighted by molar-refractivity contribution is 5.82. The van der Waals surface area contributed by atoms with Crippen molar-refractivity contribution in [2.75, 3.05) is 6.61 Å². The Labute approximate surface area is 95.8 Å². The minimum Gasteiger partial charge on any atom is -0.479 e. The van der Waals surface area contributed by atoms with Crippen LogP contribution in [0.1, 0.15) is 17.0 Å². The quantitative estimate of drug-likeness (QED) is 0.727. The molecule has 0 aliphatic carbocycles. The lowest BCUT2D eigenvalue weighted by Gasteiger charge is -2.13. The fourth-order valence-electron chi connectivity index (χ4n) is 1.81. The minimum atomic E-state index is -1.21. The third-order valence-electron chi connectivity index (χ3n) is 2.61. The van der Waals surface area contributed by atoms with Crippen LogP contribution in [0.5, 0.6) is 0 Å². The largest absolute Gasteiger partial charge is 0.479 e. The van der Waals surface area contributed by atoms with E-state index in [4.69, 9.17) is 14.9 Å². The average Bonchev–Trinajstić information content (AvgIpc) is 2.86. The Kier molecular flexibility index (Phi) is 3.05. The lowest BCUT2D eigenvalue weighted by molar-refractivity contribution is -0.149. The summed E-state index contributed by atoms with van der Waals surface area (Å²) in [4.78, 5) is 25.0. The van der Waals surface area contributed by atoms with Crippen molar-refractivity contribution < 1.29 is 24.5 Å². The van der Waals surface area contributed by atoms with Gasteiger partial charge in [-0.3, -0.25) is 4.68 Å². The molecule has 8 nitrogen and oxygen atoms in total. The standard InChI is InChI=1S/C9H11N3O5/c13-8(14)6-5(1-2-17-6)3-12-4-10-7(11-12)9(15)16/h4-6H,1-3H2,(H,13,14)(H,15,16)/t5-,6-/m1/s1. The molecule has 0 amide bonds. The van der Waals surface area contributed by atoms with Crippen molar-refractivity contribution >= 4 is 11.9 Å².